The van der Waals surface area contributed by atoms with Crippen molar-refractivity contribution >= 4 is 0 Å². The van der Waals surface area contributed by atoms with Gasteiger partial charge in [0.2, 0.25) is 0 Å². The van der Waals surface area contributed by atoms with Crippen molar-refractivity contribution in [3.8, 4) is 0 Å². The van der Waals surface area contributed by atoms with Crippen LogP contribution in [0.5, 0.6) is 0 Å². The lowest BCUT2D eigenvalue weighted by molar-refractivity contribution is 0.284. The average molecular weight is 285 g/mol. The highest BCUT2D eigenvalue weighted by molar-refractivity contribution is 5.34. The molecule has 0 fully saturated rings. The Morgan fingerprint density at radius 2 is 1.90 bits per heavy atom. The third-order valence-corrected chi connectivity index (χ3v) is 5.02. The van der Waals surface area contributed by atoms with Crippen LogP contribution in [0.4, 0.5) is 0 Å². The highest BCUT2D eigenvalue weighted by Crippen LogP contribution is 2.41. The maximum Gasteiger partial charge on any atom is -0.00413 e. The fourth-order valence-electron chi connectivity index (χ4n) is 2.81. The molecule has 1 aliphatic rings. The van der Waals surface area contributed by atoms with Gasteiger partial charge in [0.1, 0.15) is 0 Å². The molecule has 0 saturated heterocycles. The minimum atomic E-state index is 0.0940. The minimum Gasteiger partial charge on any atom is -0.330 e. The SMILES string of the molecule is C=C1/C=C\C(C)C(C)(CCN)/C(C)=C(C)/C=C\C(C)=C\C1. The van der Waals surface area contributed by atoms with E-state index in [4.69, 9.17) is 5.73 Å². The molecular formula is C20H31N. The Morgan fingerprint density at radius 3 is 2.52 bits per heavy atom. The van der Waals surface area contributed by atoms with E-state index < -0.39 is 0 Å². The summed E-state index contributed by atoms with van der Waals surface area (Å²) in [5.41, 5.74) is 11.2. The van der Waals surface area contributed by atoms with Crippen molar-refractivity contribution in [2.45, 2.75) is 47.5 Å². The Bertz CT molecular complexity index is 502. The van der Waals surface area contributed by atoms with Crippen molar-refractivity contribution in [1.29, 1.82) is 0 Å². The van der Waals surface area contributed by atoms with E-state index in [9.17, 15) is 0 Å². The minimum absolute atomic E-state index is 0.0940. The molecule has 0 saturated carbocycles. The Hall–Kier alpha value is -1.34. The molecule has 116 valence electrons. The van der Waals surface area contributed by atoms with Gasteiger partial charge in [-0.05, 0) is 51.5 Å². The molecule has 1 nitrogen and oxygen atoms in total. The van der Waals surface area contributed by atoms with Gasteiger partial charge in [-0.25, -0.2) is 0 Å². The van der Waals surface area contributed by atoms with E-state index in [0.29, 0.717) is 12.5 Å². The predicted octanol–water partition coefficient (Wildman–Crippen LogP) is 5.33. The molecule has 2 N–H and O–H groups in total. The number of nitrogens with two attached hydrogens (primary N) is 1. The van der Waals surface area contributed by atoms with Crippen molar-refractivity contribution < 1.29 is 0 Å². The van der Waals surface area contributed by atoms with Crippen LogP contribution in [0.2, 0.25) is 0 Å². The molecule has 0 aromatic rings. The van der Waals surface area contributed by atoms with E-state index in [1.54, 1.807) is 0 Å². The smallest absolute Gasteiger partial charge is 0.00413 e. The molecule has 1 heteroatoms. The lowest BCUT2D eigenvalue weighted by Crippen LogP contribution is -2.29. The maximum absolute atomic E-state index is 5.89. The molecule has 0 heterocycles. The molecular weight excluding hydrogens is 254 g/mol. The summed E-state index contributed by atoms with van der Waals surface area (Å²) >= 11 is 0. The van der Waals surface area contributed by atoms with E-state index in [1.165, 1.54) is 16.7 Å². The summed E-state index contributed by atoms with van der Waals surface area (Å²) in [4.78, 5) is 0. The van der Waals surface area contributed by atoms with Gasteiger partial charge < -0.3 is 5.73 Å². The topological polar surface area (TPSA) is 26.0 Å². The Morgan fingerprint density at radius 1 is 1.24 bits per heavy atom. The number of hydrogen-bond donors (Lipinski definition) is 1. The summed E-state index contributed by atoms with van der Waals surface area (Å²) in [5.74, 6) is 0.436. The van der Waals surface area contributed by atoms with Crippen molar-refractivity contribution in [2.24, 2.45) is 17.1 Å². The lowest BCUT2D eigenvalue weighted by Gasteiger charge is -2.36. The summed E-state index contributed by atoms with van der Waals surface area (Å²) < 4.78 is 0. The third-order valence-electron chi connectivity index (χ3n) is 5.02. The van der Waals surface area contributed by atoms with Crippen LogP contribution in [0.3, 0.4) is 0 Å². The molecule has 1 aliphatic carbocycles. The molecule has 1 rings (SSSR count). The van der Waals surface area contributed by atoms with Crippen molar-refractivity contribution in [1.82, 2.24) is 0 Å². The summed E-state index contributed by atoms with van der Waals surface area (Å²) in [5, 5.41) is 0. The number of hydrogen-bond acceptors (Lipinski definition) is 1. The van der Waals surface area contributed by atoms with E-state index in [1.807, 2.05) is 0 Å². The van der Waals surface area contributed by atoms with Crippen LogP contribution < -0.4 is 5.73 Å². The van der Waals surface area contributed by atoms with Gasteiger partial charge in [0.15, 0.2) is 0 Å². The lowest BCUT2D eigenvalue weighted by atomic mass is 9.68. The molecule has 2 unspecified atom stereocenters. The van der Waals surface area contributed by atoms with Gasteiger partial charge in [0, 0.05) is 0 Å². The van der Waals surface area contributed by atoms with Crippen LogP contribution in [-0.2, 0) is 0 Å². The monoisotopic (exact) mass is 285 g/mol. The van der Waals surface area contributed by atoms with Crippen LogP contribution >= 0.6 is 0 Å². The van der Waals surface area contributed by atoms with Gasteiger partial charge in [0.05, 0.1) is 0 Å². The van der Waals surface area contributed by atoms with E-state index in [0.717, 1.165) is 18.4 Å². The molecule has 2 atom stereocenters. The van der Waals surface area contributed by atoms with Gasteiger partial charge in [-0.1, -0.05) is 73.1 Å². The second-order valence-corrected chi connectivity index (χ2v) is 6.56. The van der Waals surface area contributed by atoms with Crippen molar-refractivity contribution in [2.75, 3.05) is 6.54 Å². The van der Waals surface area contributed by atoms with Crippen LogP contribution in [0.25, 0.3) is 0 Å². The predicted molar refractivity (Wildman–Crippen MR) is 95.1 cm³/mol. The number of rotatable bonds is 2. The third kappa shape index (κ3) is 4.57. The van der Waals surface area contributed by atoms with E-state index in [-0.39, 0.29) is 5.41 Å². The maximum atomic E-state index is 5.89. The molecule has 0 radical (unpaired) electrons. The van der Waals surface area contributed by atoms with Gasteiger partial charge in [0.25, 0.3) is 0 Å². The first kappa shape index (κ1) is 17.7. The standard InChI is InChI=1S/C20H31N/c1-15-7-8-16(2)10-12-18(4)20(6,13-14-21)19(5)17(3)11-9-15/h7,9-12,18H,2,8,13-14,21H2,1,3-6H3/b11-9-,12-10-,15-7+,19-17+. The second-order valence-electron chi connectivity index (χ2n) is 6.56. The van der Waals surface area contributed by atoms with Crippen molar-refractivity contribution in [3.05, 3.63) is 59.3 Å². The molecule has 0 aromatic carbocycles. The summed E-state index contributed by atoms with van der Waals surface area (Å²) in [6.07, 6.45) is 13.0. The fraction of sp³-hybridized carbons (Fsp3) is 0.500. The fourth-order valence-corrected chi connectivity index (χ4v) is 2.81. The Kier molecular flexibility index (Phi) is 6.42. The molecule has 21 heavy (non-hydrogen) atoms. The molecule has 0 aromatic heterocycles. The zero-order valence-corrected chi connectivity index (χ0v) is 14.4. The van der Waals surface area contributed by atoms with Gasteiger partial charge in [-0.15, -0.1) is 0 Å². The second kappa shape index (κ2) is 7.61. The first-order chi connectivity index (χ1) is 9.81. The number of allylic oxidation sites excluding steroid dienone is 9. The largest absolute Gasteiger partial charge is 0.330 e. The van der Waals surface area contributed by atoms with Gasteiger partial charge in [-0.2, -0.15) is 0 Å². The van der Waals surface area contributed by atoms with Gasteiger partial charge in [-0.3, -0.25) is 0 Å². The zero-order chi connectivity index (χ0) is 16.0. The van der Waals surface area contributed by atoms with E-state index >= 15 is 0 Å². The van der Waals surface area contributed by atoms with Crippen LogP contribution in [0.1, 0.15) is 47.5 Å². The summed E-state index contributed by atoms with van der Waals surface area (Å²) in [6.45, 7) is 16.1. The highest BCUT2D eigenvalue weighted by atomic mass is 14.5. The molecule has 0 amide bonds. The molecule has 0 bridgehead atoms. The quantitative estimate of drug-likeness (QED) is 0.729. The average Bonchev–Trinajstić information content (AvgIpc) is 2.46. The van der Waals surface area contributed by atoms with Crippen LogP contribution in [-0.4, -0.2) is 6.54 Å². The zero-order valence-electron chi connectivity index (χ0n) is 14.4. The van der Waals surface area contributed by atoms with Crippen molar-refractivity contribution in [3.63, 3.8) is 0 Å². The first-order valence-corrected chi connectivity index (χ1v) is 7.90. The highest BCUT2D eigenvalue weighted by Gasteiger charge is 2.31. The first-order valence-electron chi connectivity index (χ1n) is 7.90. The van der Waals surface area contributed by atoms with Gasteiger partial charge >= 0.3 is 0 Å². The van der Waals surface area contributed by atoms with E-state index in [2.05, 4.69) is 71.6 Å². The van der Waals surface area contributed by atoms with Crippen LogP contribution in [0, 0.1) is 11.3 Å². The van der Waals surface area contributed by atoms with Crippen LogP contribution in [0.15, 0.2) is 59.3 Å². The Labute approximate surface area is 131 Å². The summed E-state index contributed by atoms with van der Waals surface area (Å²) in [6, 6.07) is 0. The molecule has 0 aliphatic heterocycles. The summed E-state index contributed by atoms with van der Waals surface area (Å²) in [7, 11) is 0. The Balaban J connectivity index is 3.35. The molecule has 0 spiro atoms. The normalized spacial score (nSPS) is 37.1.